The van der Waals surface area contributed by atoms with Crippen LogP contribution in [-0.4, -0.2) is 79.4 Å². The van der Waals surface area contributed by atoms with Crippen molar-refractivity contribution in [2.24, 2.45) is 17.6 Å². The summed E-state index contributed by atoms with van der Waals surface area (Å²) in [5, 5.41) is 5.37. The fourth-order valence-corrected chi connectivity index (χ4v) is 3.11. The van der Waals surface area contributed by atoms with Crippen molar-refractivity contribution in [2.45, 2.75) is 39.2 Å². The van der Waals surface area contributed by atoms with Crippen molar-refractivity contribution in [3.8, 4) is 0 Å². The van der Waals surface area contributed by atoms with Crippen molar-refractivity contribution in [1.82, 2.24) is 20.4 Å². The van der Waals surface area contributed by atoms with E-state index in [9.17, 15) is 14.4 Å². The van der Waals surface area contributed by atoms with Gasteiger partial charge in [-0.3, -0.25) is 19.3 Å². The Morgan fingerprint density at radius 3 is 2.27 bits per heavy atom. The van der Waals surface area contributed by atoms with Crippen molar-refractivity contribution in [1.29, 1.82) is 0 Å². The van der Waals surface area contributed by atoms with Gasteiger partial charge in [0.2, 0.25) is 17.7 Å². The van der Waals surface area contributed by atoms with Crippen LogP contribution < -0.4 is 16.4 Å². The summed E-state index contributed by atoms with van der Waals surface area (Å²) >= 11 is 0. The van der Waals surface area contributed by atoms with Gasteiger partial charge in [0.15, 0.2) is 0 Å². The minimum Gasteiger partial charge on any atom is -0.353 e. The average Bonchev–Trinajstić information content (AvgIpc) is 2.57. The zero-order valence-electron chi connectivity index (χ0n) is 16.0. The fourth-order valence-electron chi connectivity index (χ4n) is 3.11. The summed E-state index contributed by atoms with van der Waals surface area (Å²) in [7, 11) is 0. The Morgan fingerprint density at radius 1 is 1.08 bits per heavy atom. The van der Waals surface area contributed by atoms with E-state index in [1.165, 1.54) is 6.42 Å². The number of hydrogen-bond donors (Lipinski definition) is 3. The highest BCUT2D eigenvalue weighted by Crippen LogP contribution is 2.28. The number of hydrogen-bond acceptors (Lipinski definition) is 5. The number of amides is 3. The van der Waals surface area contributed by atoms with Crippen molar-refractivity contribution >= 4 is 17.7 Å². The molecule has 0 unspecified atom stereocenters. The number of carbonyl (C=O) groups is 3. The second-order valence-corrected chi connectivity index (χ2v) is 7.63. The minimum absolute atomic E-state index is 0.0351. The molecule has 1 saturated carbocycles. The van der Waals surface area contributed by atoms with Crippen LogP contribution >= 0.6 is 0 Å². The summed E-state index contributed by atoms with van der Waals surface area (Å²) in [4.78, 5) is 40.0. The fraction of sp³-hybridized carbons (Fsp3) is 0.833. The molecule has 0 aromatic heterocycles. The molecule has 8 heteroatoms. The van der Waals surface area contributed by atoms with E-state index < -0.39 is 6.04 Å². The molecule has 2 aliphatic rings. The predicted molar refractivity (Wildman–Crippen MR) is 99.2 cm³/mol. The van der Waals surface area contributed by atoms with E-state index in [1.54, 1.807) is 0 Å². The third kappa shape index (κ3) is 5.95. The Bertz CT molecular complexity index is 499. The van der Waals surface area contributed by atoms with Gasteiger partial charge in [-0.1, -0.05) is 20.3 Å². The molecule has 0 bridgehead atoms. The van der Waals surface area contributed by atoms with Crippen molar-refractivity contribution in [3.05, 3.63) is 0 Å². The van der Waals surface area contributed by atoms with Gasteiger partial charge in [-0.05, 0) is 18.8 Å². The molecule has 1 aliphatic heterocycles. The molecule has 3 amide bonds. The van der Waals surface area contributed by atoms with Crippen LogP contribution in [0.4, 0.5) is 0 Å². The lowest BCUT2D eigenvalue weighted by Gasteiger charge is -2.38. The van der Waals surface area contributed by atoms with E-state index in [0.717, 1.165) is 45.6 Å². The molecule has 1 atom stereocenters. The highest BCUT2D eigenvalue weighted by molar-refractivity contribution is 5.87. The molecule has 2 fully saturated rings. The highest BCUT2D eigenvalue weighted by Gasteiger charge is 2.31. The third-order valence-electron chi connectivity index (χ3n) is 5.33. The molecule has 0 aromatic rings. The Labute approximate surface area is 155 Å². The third-order valence-corrected chi connectivity index (χ3v) is 5.33. The van der Waals surface area contributed by atoms with Gasteiger partial charge in [-0.15, -0.1) is 0 Å². The van der Waals surface area contributed by atoms with Crippen LogP contribution in [0.15, 0.2) is 0 Å². The van der Waals surface area contributed by atoms with Crippen molar-refractivity contribution in [2.75, 3.05) is 45.8 Å². The van der Waals surface area contributed by atoms with Gasteiger partial charge < -0.3 is 21.3 Å². The maximum Gasteiger partial charge on any atom is 0.239 e. The Kier molecular flexibility index (Phi) is 7.84. The lowest BCUT2D eigenvalue weighted by Crippen LogP contribution is -2.52. The molecular weight excluding hydrogens is 334 g/mol. The molecule has 1 aliphatic carbocycles. The number of piperazine rings is 1. The molecule has 8 nitrogen and oxygen atoms in total. The van der Waals surface area contributed by atoms with E-state index in [-0.39, 0.29) is 30.2 Å². The molecule has 0 aromatic carbocycles. The number of nitrogens with zero attached hydrogens (tertiary/aromatic N) is 2. The Balaban J connectivity index is 1.55. The average molecular weight is 367 g/mol. The molecule has 1 heterocycles. The first-order valence-corrected chi connectivity index (χ1v) is 9.69. The van der Waals surface area contributed by atoms with Gasteiger partial charge in [0.1, 0.15) is 0 Å². The Morgan fingerprint density at radius 2 is 1.73 bits per heavy atom. The van der Waals surface area contributed by atoms with E-state index in [2.05, 4.69) is 15.5 Å². The van der Waals surface area contributed by atoms with Crippen LogP contribution in [0.3, 0.4) is 0 Å². The molecular formula is C18H33N5O3. The standard InChI is InChI=1S/C18H33N5O3/c1-13(2)16(19)17(25)21-12-15(24)20-6-7-22-8-10-23(11-9-22)18(26)14-4-3-5-14/h13-14,16H,3-12,19H2,1-2H3,(H,20,24)(H,21,25)/t16-/m0/s1. The van der Waals surface area contributed by atoms with Crippen LogP contribution in [-0.2, 0) is 14.4 Å². The Hall–Kier alpha value is -1.67. The number of rotatable bonds is 8. The second-order valence-electron chi connectivity index (χ2n) is 7.63. The van der Waals surface area contributed by atoms with E-state index in [4.69, 9.17) is 5.73 Å². The summed E-state index contributed by atoms with van der Waals surface area (Å²) in [6.45, 7) is 8.18. The molecule has 1 saturated heterocycles. The highest BCUT2D eigenvalue weighted by atomic mass is 16.2. The van der Waals surface area contributed by atoms with Crippen LogP contribution in [0.1, 0.15) is 33.1 Å². The molecule has 26 heavy (non-hydrogen) atoms. The number of carbonyl (C=O) groups excluding carboxylic acids is 3. The quantitative estimate of drug-likeness (QED) is 0.518. The summed E-state index contributed by atoms with van der Waals surface area (Å²) < 4.78 is 0. The van der Waals surface area contributed by atoms with Gasteiger partial charge in [-0.2, -0.15) is 0 Å². The first-order chi connectivity index (χ1) is 12.4. The van der Waals surface area contributed by atoms with Gasteiger partial charge in [0.25, 0.3) is 0 Å². The number of nitrogens with two attached hydrogens (primary N) is 1. The predicted octanol–water partition coefficient (Wildman–Crippen LogP) is -0.854. The summed E-state index contributed by atoms with van der Waals surface area (Å²) in [5.41, 5.74) is 5.73. The van der Waals surface area contributed by atoms with Crippen LogP contribution in [0.5, 0.6) is 0 Å². The van der Waals surface area contributed by atoms with Crippen molar-refractivity contribution in [3.63, 3.8) is 0 Å². The van der Waals surface area contributed by atoms with E-state index in [0.29, 0.717) is 12.5 Å². The van der Waals surface area contributed by atoms with Gasteiger partial charge in [0.05, 0.1) is 12.6 Å². The molecule has 0 radical (unpaired) electrons. The lowest BCUT2D eigenvalue weighted by molar-refractivity contribution is -0.139. The lowest BCUT2D eigenvalue weighted by atomic mass is 9.84. The SMILES string of the molecule is CC(C)[C@H](N)C(=O)NCC(=O)NCCN1CCN(C(=O)C2CCC2)CC1. The monoisotopic (exact) mass is 367 g/mol. The van der Waals surface area contributed by atoms with Gasteiger partial charge in [0, 0.05) is 45.2 Å². The largest absolute Gasteiger partial charge is 0.353 e. The van der Waals surface area contributed by atoms with Crippen molar-refractivity contribution < 1.29 is 14.4 Å². The first kappa shape index (κ1) is 20.6. The van der Waals surface area contributed by atoms with Crippen LogP contribution in [0.25, 0.3) is 0 Å². The minimum atomic E-state index is -0.596. The van der Waals surface area contributed by atoms with Gasteiger partial charge in [-0.25, -0.2) is 0 Å². The first-order valence-electron chi connectivity index (χ1n) is 9.69. The molecule has 0 spiro atoms. The maximum absolute atomic E-state index is 12.2. The number of nitrogens with one attached hydrogen (secondary N) is 2. The zero-order valence-corrected chi connectivity index (χ0v) is 16.0. The molecule has 4 N–H and O–H groups in total. The molecule has 148 valence electrons. The summed E-state index contributed by atoms with van der Waals surface area (Å²) in [6.07, 6.45) is 3.27. The topological polar surface area (TPSA) is 108 Å². The van der Waals surface area contributed by atoms with E-state index in [1.807, 2.05) is 18.7 Å². The normalized spacial score (nSPS) is 19.8. The summed E-state index contributed by atoms with van der Waals surface area (Å²) in [5.74, 6) is 0.0998. The summed E-state index contributed by atoms with van der Waals surface area (Å²) in [6, 6.07) is -0.596. The van der Waals surface area contributed by atoms with Crippen LogP contribution in [0.2, 0.25) is 0 Å². The smallest absolute Gasteiger partial charge is 0.239 e. The van der Waals surface area contributed by atoms with Gasteiger partial charge >= 0.3 is 0 Å². The van der Waals surface area contributed by atoms with Crippen LogP contribution in [0, 0.1) is 11.8 Å². The zero-order chi connectivity index (χ0) is 19.1. The maximum atomic E-state index is 12.2. The second kappa shape index (κ2) is 9.87. The van der Waals surface area contributed by atoms with E-state index >= 15 is 0 Å². The molecule has 2 rings (SSSR count).